The van der Waals surface area contributed by atoms with Gasteiger partial charge in [-0.2, -0.15) is 0 Å². The van der Waals surface area contributed by atoms with Gasteiger partial charge in [0.2, 0.25) is 0 Å². The summed E-state index contributed by atoms with van der Waals surface area (Å²) in [7, 11) is -1.13. The molecule has 0 aromatic rings. The molecule has 0 aromatic carbocycles. The molecule has 5 nitrogen and oxygen atoms in total. The molecule has 0 bridgehead atoms. The molecule has 150 valence electrons. The third kappa shape index (κ3) is 12.9. The van der Waals surface area contributed by atoms with Crippen LogP contribution in [0.15, 0.2) is 4.99 Å². The molecule has 1 aliphatic carbocycles. The Balaban J connectivity index is 0.00000576. The number of hydrogen-bond donors (Lipinski definition) is 2. The summed E-state index contributed by atoms with van der Waals surface area (Å²) in [6.45, 7) is 5.83. The molecular formula is C18H38IN3O2S. The van der Waals surface area contributed by atoms with Gasteiger partial charge in [0.25, 0.3) is 0 Å². The van der Waals surface area contributed by atoms with E-state index in [4.69, 9.17) is 0 Å². The predicted octanol–water partition coefficient (Wildman–Crippen LogP) is 3.59. The van der Waals surface area contributed by atoms with Crippen LogP contribution in [-0.4, -0.2) is 46.5 Å². The molecule has 1 aliphatic rings. The standard InChI is InChI=1S/C18H37N3O2S.HI/c1-18(2,12-14-24(4,22)23)15-21-17(19-3)20-13-8-11-16-9-6-5-7-10-16;/h16H,5-15H2,1-4H3,(H2,19,20,21);1H. The number of hydrogen-bond acceptors (Lipinski definition) is 3. The molecule has 1 saturated carbocycles. The molecule has 0 aliphatic heterocycles. The highest BCUT2D eigenvalue weighted by atomic mass is 127. The van der Waals surface area contributed by atoms with E-state index >= 15 is 0 Å². The largest absolute Gasteiger partial charge is 0.356 e. The minimum Gasteiger partial charge on any atom is -0.356 e. The lowest BCUT2D eigenvalue weighted by Crippen LogP contribution is -2.42. The molecule has 0 heterocycles. The van der Waals surface area contributed by atoms with Crippen LogP contribution in [0.1, 0.15) is 65.2 Å². The lowest BCUT2D eigenvalue weighted by Gasteiger charge is -2.26. The summed E-state index contributed by atoms with van der Waals surface area (Å²) in [5.74, 6) is 1.96. The van der Waals surface area contributed by atoms with Crippen LogP contribution >= 0.6 is 24.0 Å². The van der Waals surface area contributed by atoms with E-state index in [0.717, 1.165) is 18.4 Å². The maximum absolute atomic E-state index is 11.3. The van der Waals surface area contributed by atoms with Crippen molar-refractivity contribution >= 4 is 39.8 Å². The minimum absolute atomic E-state index is 0. The summed E-state index contributed by atoms with van der Waals surface area (Å²) >= 11 is 0. The second kappa shape index (κ2) is 12.4. The number of nitrogens with zero attached hydrogens (tertiary/aromatic N) is 1. The molecule has 0 aromatic heterocycles. The van der Waals surface area contributed by atoms with Crippen molar-refractivity contribution in [2.75, 3.05) is 32.1 Å². The van der Waals surface area contributed by atoms with Gasteiger partial charge in [-0.25, -0.2) is 8.42 Å². The van der Waals surface area contributed by atoms with E-state index in [1.54, 1.807) is 7.05 Å². The normalized spacial score (nSPS) is 17.0. The highest BCUT2D eigenvalue weighted by Crippen LogP contribution is 2.26. The number of sulfone groups is 1. The average molecular weight is 487 g/mol. The van der Waals surface area contributed by atoms with E-state index in [-0.39, 0.29) is 35.1 Å². The van der Waals surface area contributed by atoms with Crippen molar-refractivity contribution < 1.29 is 8.42 Å². The second-order valence-corrected chi connectivity index (χ2v) is 10.3. The van der Waals surface area contributed by atoms with Gasteiger partial charge in [0.05, 0.1) is 5.75 Å². The molecule has 0 radical (unpaired) electrons. The molecule has 7 heteroatoms. The molecule has 0 atom stereocenters. The van der Waals surface area contributed by atoms with Crippen molar-refractivity contribution in [1.29, 1.82) is 0 Å². The first-order valence-electron chi connectivity index (χ1n) is 9.34. The van der Waals surface area contributed by atoms with E-state index in [1.165, 1.54) is 51.2 Å². The fraction of sp³-hybridized carbons (Fsp3) is 0.944. The van der Waals surface area contributed by atoms with Crippen LogP contribution in [0.25, 0.3) is 0 Å². The first kappa shape index (κ1) is 24.9. The van der Waals surface area contributed by atoms with Crippen LogP contribution in [0.2, 0.25) is 0 Å². The van der Waals surface area contributed by atoms with Gasteiger partial charge < -0.3 is 10.6 Å². The van der Waals surface area contributed by atoms with Crippen molar-refractivity contribution in [3.63, 3.8) is 0 Å². The number of halogens is 1. The molecular weight excluding hydrogens is 449 g/mol. The van der Waals surface area contributed by atoms with E-state index in [0.29, 0.717) is 13.0 Å². The van der Waals surface area contributed by atoms with Gasteiger partial charge in [0.1, 0.15) is 9.84 Å². The minimum atomic E-state index is -2.90. The smallest absolute Gasteiger partial charge is 0.190 e. The fourth-order valence-corrected chi connectivity index (χ4v) is 4.09. The number of guanidine groups is 1. The number of aliphatic imine (C=N–C) groups is 1. The Hall–Kier alpha value is -0.0500. The van der Waals surface area contributed by atoms with E-state index < -0.39 is 9.84 Å². The Kier molecular flexibility index (Phi) is 12.3. The van der Waals surface area contributed by atoms with Crippen LogP contribution < -0.4 is 10.6 Å². The fourth-order valence-electron chi connectivity index (χ4n) is 3.17. The van der Waals surface area contributed by atoms with Crippen molar-refractivity contribution in [3.8, 4) is 0 Å². The summed E-state index contributed by atoms with van der Waals surface area (Å²) in [4.78, 5) is 4.26. The summed E-state index contributed by atoms with van der Waals surface area (Å²) in [6.07, 6.45) is 11.5. The molecule has 1 fully saturated rings. The van der Waals surface area contributed by atoms with Gasteiger partial charge >= 0.3 is 0 Å². The second-order valence-electron chi connectivity index (χ2n) is 8.04. The molecule has 0 amide bonds. The third-order valence-electron chi connectivity index (χ3n) is 4.91. The molecule has 25 heavy (non-hydrogen) atoms. The van der Waals surface area contributed by atoms with E-state index in [9.17, 15) is 8.42 Å². The van der Waals surface area contributed by atoms with Gasteiger partial charge in [0, 0.05) is 26.4 Å². The Morgan fingerprint density at radius 1 is 1.16 bits per heavy atom. The average Bonchev–Trinajstić information content (AvgIpc) is 2.53. The van der Waals surface area contributed by atoms with Crippen molar-refractivity contribution in [2.45, 2.75) is 65.2 Å². The molecule has 2 N–H and O–H groups in total. The van der Waals surface area contributed by atoms with Gasteiger partial charge in [-0.05, 0) is 30.6 Å². The number of nitrogens with one attached hydrogen (secondary N) is 2. The van der Waals surface area contributed by atoms with E-state index in [2.05, 4.69) is 29.5 Å². The van der Waals surface area contributed by atoms with Gasteiger partial charge in [-0.3, -0.25) is 4.99 Å². The number of rotatable bonds is 9. The third-order valence-corrected chi connectivity index (χ3v) is 5.86. The lowest BCUT2D eigenvalue weighted by molar-refractivity contribution is 0.331. The van der Waals surface area contributed by atoms with Crippen molar-refractivity contribution in [1.82, 2.24) is 10.6 Å². The van der Waals surface area contributed by atoms with Gasteiger partial charge in [-0.15, -0.1) is 24.0 Å². The van der Waals surface area contributed by atoms with Crippen molar-refractivity contribution in [3.05, 3.63) is 0 Å². The first-order chi connectivity index (χ1) is 11.2. The Labute approximate surface area is 172 Å². The zero-order valence-electron chi connectivity index (χ0n) is 16.4. The van der Waals surface area contributed by atoms with Crippen molar-refractivity contribution in [2.24, 2.45) is 16.3 Å². The maximum atomic E-state index is 11.3. The molecule has 0 saturated heterocycles. The molecule has 1 rings (SSSR count). The van der Waals surface area contributed by atoms with Gasteiger partial charge in [0.15, 0.2) is 5.96 Å². The predicted molar refractivity (Wildman–Crippen MR) is 119 cm³/mol. The quantitative estimate of drug-likeness (QED) is 0.226. The summed E-state index contributed by atoms with van der Waals surface area (Å²) < 4.78 is 22.6. The Morgan fingerprint density at radius 3 is 2.36 bits per heavy atom. The first-order valence-corrected chi connectivity index (χ1v) is 11.4. The summed E-state index contributed by atoms with van der Waals surface area (Å²) in [5, 5.41) is 6.70. The highest BCUT2D eigenvalue weighted by molar-refractivity contribution is 14.0. The molecule has 0 spiro atoms. The zero-order chi connectivity index (χ0) is 18.1. The van der Waals surface area contributed by atoms with Gasteiger partial charge in [-0.1, -0.05) is 46.0 Å². The van der Waals surface area contributed by atoms with Crippen LogP contribution in [0.5, 0.6) is 0 Å². The summed E-state index contributed by atoms with van der Waals surface area (Å²) in [6, 6.07) is 0. The monoisotopic (exact) mass is 487 g/mol. The van der Waals surface area contributed by atoms with Crippen LogP contribution in [0.4, 0.5) is 0 Å². The topological polar surface area (TPSA) is 70.6 Å². The highest BCUT2D eigenvalue weighted by Gasteiger charge is 2.20. The van der Waals surface area contributed by atoms with Crippen LogP contribution in [0, 0.1) is 11.3 Å². The maximum Gasteiger partial charge on any atom is 0.190 e. The van der Waals surface area contributed by atoms with E-state index in [1.807, 2.05) is 0 Å². The van der Waals surface area contributed by atoms with Crippen LogP contribution in [0.3, 0.4) is 0 Å². The Bertz CT molecular complexity index is 487. The summed E-state index contributed by atoms with van der Waals surface area (Å²) in [5.41, 5.74) is -0.0806. The molecule has 0 unspecified atom stereocenters. The van der Waals surface area contributed by atoms with Crippen LogP contribution in [-0.2, 0) is 9.84 Å². The lowest BCUT2D eigenvalue weighted by atomic mass is 9.86. The zero-order valence-corrected chi connectivity index (χ0v) is 19.6. The Morgan fingerprint density at radius 2 is 1.80 bits per heavy atom. The SMILES string of the molecule is CN=C(NCCCC1CCCCC1)NCC(C)(C)CCS(C)(=O)=O.I.